The van der Waals surface area contributed by atoms with E-state index in [9.17, 15) is 0 Å². The average Bonchev–Trinajstić information content (AvgIpc) is 2.82. The molecule has 0 aromatic heterocycles. The van der Waals surface area contributed by atoms with Crippen LogP contribution in [-0.4, -0.2) is 28.1 Å². The summed E-state index contributed by atoms with van der Waals surface area (Å²) in [5.74, 6) is 0. The van der Waals surface area contributed by atoms with Gasteiger partial charge < -0.3 is 9.16 Å². The van der Waals surface area contributed by atoms with E-state index < -0.39 is 8.32 Å². The van der Waals surface area contributed by atoms with Gasteiger partial charge in [0.05, 0.1) is 13.2 Å². The van der Waals surface area contributed by atoms with Crippen LogP contribution in [0.1, 0.15) is 91.9 Å². The molecule has 184 valence electrons. The molecule has 2 rings (SSSR count). The van der Waals surface area contributed by atoms with Gasteiger partial charge in [0.2, 0.25) is 0 Å². The maximum absolute atomic E-state index is 6.88. The van der Waals surface area contributed by atoms with Crippen molar-refractivity contribution in [2.75, 3.05) is 19.8 Å². The molecule has 2 aromatic rings. The van der Waals surface area contributed by atoms with Crippen LogP contribution >= 0.6 is 0 Å². The maximum Gasteiger partial charge on any atom is 0.261 e. The van der Waals surface area contributed by atoms with Gasteiger partial charge in [-0.05, 0) is 21.8 Å². The Morgan fingerprint density at radius 2 is 1.03 bits per heavy atom. The van der Waals surface area contributed by atoms with Gasteiger partial charge in [-0.3, -0.25) is 0 Å². The lowest BCUT2D eigenvalue weighted by Gasteiger charge is -2.43. The number of hydrogen-bond acceptors (Lipinski definition) is 2. The van der Waals surface area contributed by atoms with Crippen molar-refractivity contribution >= 4 is 18.7 Å². The normalized spacial score (nSPS) is 12.2. The summed E-state index contributed by atoms with van der Waals surface area (Å²) in [5, 5.41) is 2.68. The van der Waals surface area contributed by atoms with E-state index in [0.717, 1.165) is 13.0 Å². The van der Waals surface area contributed by atoms with Gasteiger partial charge in [0.15, 0.2) is 0 Å². The van der Waals surface area contributed by atoms with Crippen molar-refractivity contribution in [3.05, 3.63) is 60.7 Å². The lowest BCUT2D eigenvalue weighted by Crippen LogP contribution is -2.66. The summed E-state index contributed by atoms with van der Waals surface area (Å²) < 4.78 is 12.9. The minimum Gasteiger partial charge on any atom is -0.405 e. The smallest absolute Gasteiger partial charge is 0.261 e. The van der Waals surface area contributed by atoms with Crippen LogP contribution < -0.4 is 10.4 Å². The zero-order valence-electron chi connectivity index (χ0n) is 21.8. The van der Waals surface area contributed by atoms with Crippen molar-refractivity contribution in [1.29, 1.82) is 0 Å². The predicted molar refractivity (Wildman–Crippen MR) is 146 cm³/mol. The van der Waals surface area contributed by atoms with Crippen LogP contribution in [0.4, 0.5) is 0 Å². The molecule has 0 aliphatic heterocycles. The zero-order chi connectivity index (χ0) is 23.8. The van der Waals surface area contributed by atoms with Crippen LogP contribution in [0.3, 0.4) is 0 Å². The molecule has 0 atom stereocenters. The van der Waals surface area contributed by atoms with Crippen LogP contribution in [0.25, 0.3) is 0 Å². The molecule has 0 aliphatic carbocycles. The minimum atomic E-state index is -2.43. The molecule has 0 saturated carbocycles. The largest absolute Gasteiger partial charge is 0.405 e. The average molecular weight is 469 g/mol. The van der Waals surface area contributed by atoms with Gasteiger partial charge in [-0.25, -0.2) is 0 Å². The Bertz CT molecular complexity index is 684. The molecular formula is C30H48O2Si. The fourth-order valence-corrected chi connectivity index (χ4v) is 9.35. The third-order valence-corrected chi connectivity index (χ3v) is 11.6. The molecule has 3 heteroatoms. The SMILES string of the molecule is CCCCCCCCCCCCOCCO[Si](c1ccccc1)(c1ccccc1)C(C)(C)C. The molecule has 0 bridgehead atoms. The Balaban J connectivity index is 1.77. The van der Waals surface area contributed by atoms with E-state index in [1.165, 1.54) is 68.2 Å². The first-order valence-electron chi connectivity index (χ1n) is 13.3. The van der Waals surface area contributed by atoms with Crippen molar-refractivity contribution in [2.24, 2.45) is 0 Å². The molecule has 0 N–H and O–H groups in total. The zero-order valence-corrected chi connectivity index (χ0v) is 22.8. The van der Waals surface area contributed by atoms with Gasteiger partial charge >= 0.3 is 0 Å². The van der Waals surface area contributed by atoms with E-state index in [2.05, 4.69) is 88.4 Å². The van der Waals surface area contributed by atoms with Crippen LogP contribution in [0.15, 0.2) is 60.7 Å². The Morgan fingerprint density at radius 1 is 0.576 bits per heavy atom. The monoisotopic (exact) mass is 468 g/mol. The summed E-state index contributed by atoms with van der Waals surface area (Å²) in [4.78, 5) is 0. The number of unbranched alkanes of at least 4 members (excludes halogenated alkanes) is 9. The Morgan fingerprint density at radius 3 is 1.48 bits per heavy atom. The molecular weight excluding hydrogens is 420 g/mol. The summed E-state index contributed by atoms with van der Waals surface area (Å²) in [5.41, 5.74) is 0. The van der Waals surface area contributed by atoms with Gasteiger partial charge in [0, 0.05) is 6.61 Å². The number of benzene rings is 2. The summed E-state index contributed by atoms with van der Waals surface area (Å²) in [6.07, 6.45) is 13.5. The summed E-state index contributed by atoms with van der Waals surface area (Å²) in [6.45, 7) is 11.4. The molecule has 2 nitrogen and oxygen atoms in total. The number of hydrogen-bond donors (Lipinski definition) is 0. The lowest BCUT2D eigenvalue weighted by molar-refractivity contribution is 0.0939. The lowest BCUT2D eigenvalue weighted by atomic mass is 10.1. The second-order valence-corrected chi connectivity index (χ2v) is 14.6. The first-order valence-corrected chi connectivity index (χ1v) is 15.3. The molecule has 33 heavy (non-hydrogen) atoms. The first-order chi connectivity index (χ1) is 16.0. The molecule has 0 saturated heterocycles. The third-order valence-electron chi connectivity index (χ3n) is 6.61. The predicted octanol–water partition coefficient (Wildman–Crippen LogP) is 7.50. The van der Waals surface area contributed by atoms with Gasteiger partial charge in [0.1, 0.15) is 0 Å². The van der Waals surface area contributed by atoms with E-state index in [0.29, 0.717) is 13.2 Å². The summed E-state index contributed by atoms with van der Waals surface area (Å²) >= 11 is 0. The molecule has 0 aliphatic rings. The highest BCUT2D eigenvalue weighted by atomic mass is 28.4. The van der Waals surface area contributed by atoms with E-state index in [-0.39, 0.29) is 5.04 Å². The highest BCUT2D eigenvalue weighted by Crippen LogP contribution is 2.36. The van der Waals surface area contributed by atoms with E-state index >= 15 is 0 Å². The molecule has 0 amide bonds. The summed E-state index contributed by atoms with van der Waals surface area (Å²) in [6, 6.07) is 21.7. The molecule has 0 radical (unpaired) electrons. The Hall–Kier alpha value is -1.42. The Kier molecular flexibility index (Phi) is 13.0. The molecule has 0 spiro atoms. The number of ether oxygens (including phenoxy) is 1. The Labute approximate surface area is 205 Å². The topological polar surface area (TPSA) is 18.5 Å². The van der Waals surface area contributed by atoms with Crippen molar-refractivity contribution in [1.82, 2.24) is 0 Å². The second kappa shape index (κ2) is 15.5. The van der Waals surface area contributed by atoms with Gasteiger partial charge in [0.25, 0.3) is 8.32 Å². The van der Waals surface area contributed by atoms with Gasteiger partial charge in [-0.15, -0.1) is 0 Å². The molecule has 2 aromatic carbocycles. The molecule has 0 unspecified atom stereocenters. The minimum absolute atomic E-state index is 0.0201. The molecule has 0 heterocycles. The maximum atomic E-state index is 6.88. The van der Waals surface area contributed by atoms with Crippen LogP contribution in [0, 0.1) is 0 Å². The fourth-order valence-electron chi connectivity index (χ4n) is 4.81. The van der Waals surface area contributed by atoms with E-state index in [1.54, 1.807) is 0 Å². The highest BCUT2D eigenvalue weighted by Gasteiger charge is 2.49. The highest BCUT2D eigenvalue weighted by molar-refractivity contribution is 6.99. The quantitative estimate of drug-likeness (QED) is 0.177. The van der Waals surface area contributed by atoms with Gasteiger partial charge in [-0.1, -0.05) is 146 Å². The van der Waals surface area contributed by atoms with Crippen LogP contribution in [0.5, 0.6) is 0 Å². The van der Waals surface area contributed by atoms with Crippen molar-refractivity contribution in [3.8, 4) is 0 Å². The van der Waals surface area contributed by atoms with Crippen molar-refractivity contribution in [3.63, 3.8) is 0 Å². The standard InChI is InChI=1S/C30H48O2Si/c1-5-6-7-8-9-10-11-12-13-20-25-31-26-27-32-33(30(2,3)4,28-21-16-14-17-22-28)29-23-18-15-19-24-29/h14-19,21-24H,5-13,20,25-27H2,1-4H3. The van der Waals surface area contributed by atoms with Crippen molar-refractivity contribution < 1.29 is 9.16 Å². The van der Waals surface area contributed by atoms with Crippen LogP contribution in [-0.2, 0) is 9.16 Å². The van der Waals surface area contributed by atoms with Crippen molar-refractivity contribution in [2.45, 2.75) is 96.9 Å². The fraction of sp³-hybridized carbons (Fsp3) is 0.600. The van der Waals surface area contributed by atoms with Gasteiger partial charge in [-0.2, -0.15) is 0 Å². The molecule has 0 fully saturated rings. The summed E-state index contributed by atoms with van der Waals surface area (Å²) in [7, 11) is -2.43. The third kappa shape index (κ3) is 9.03. The van der Waals surface area contributed by atoms with E-state index in [1.807, 2.05) is 0 Å². The first kappa shape index (κ1) is 27.8. The second-order valence-electron chi connectivity index (χ2n) is 10.3. The van der Waals surface area contributed by atoms with E-state index in [4.69, 9.17) is 9.16 Å². The number of rotatable bonds is 17. The van der Waals surface area contributed by atoms with Crippen LogP contribution in [0.2, 0.25) is 5.04 Å².